The third-order valence-corrected chi connectivity index (χ3v) is 4.27. The maximum absolute atomic E-state index is 12.2. The fourth-order valence-corrected chi connectivity index (χ4v) is 3.14. The van der Waals surface area contributed by atoms with E-state index in [2.05, 4.69) is 10.4 Å². The second-order valence-electron chi connectivity index (χ2n) is 4.61. The molecule has 7 nitrogen and oxygen atoms in total. The van der Waals surface area contributed by atoms with E-state index in [4.69, 9.17) is 9.84 Å². The molecule has 3 heterocycles. The molecule has 0 saturated carbocycles. The van der Waals surface area contributed by atoms with E-state index < -0.39 is 5.97 Å². The number of carbonyl (C=O) groups excluding carboxylic acids is 1. The Bertz CT molecular complexity index is 668. The minimum absolute atomic E-state index is 0.236. The minimum atomic E-state index is -0.984. The first-order chi connectivity index (χ1) is 10.1. The Hall–Kier alpha value is -2.19. The van der Waals surface area contributed by atoms with E-state index in [-0.39, 0.29) is 12.5 Å². The second-order valence-corrected chi connectivity index (χ2v) is 5.74. The van der Waals surface area contributed by atoms with Crippen LogP contribution in [0.3, 0.4) is 0 Å². The molecule has 0 radical (unpaired) electrons. The normalized spacial score (nSPS) is 13.7. The molecule has 0 unspecified atom stereocenters. The summed E-state index contributed by atoms with van der Waals surface area (Å²) in [5.74, 6) is -0.888. The Morgan fingerprint density at radius 2 is 2.38 bits per heavy atom. The molecule has 0 atom stereocenters. The summed E-state index contributed by atoms with van der Waals surface area (Å²) in [7, 11) is 0. The summed E-state index contributed by atoms with van der Waals surface area (Å²) in [6, 6.07) is 3.40. The summed E-state index contributed by atoms with van der Waals surface area (Å²) in [4.78, 5) is 24.5. The van der Waals surface area contributed by atoms with E-state index in [9.17, 15) is 9.59 Å². The molecular formula is C13H13N3O4S. The molecule has 0 aromatic carbocycles. The monoisotopic (exact) mass is 307 g/mol. The molecule has 2 aromatic rings. The van der Waals surface area contributed by atoms with Crippen molar-refractivity contribution in [3.63, 3.8) is 0 Å². The van der Waals surface area contributed by atoms with Crippen LogP contribution in [-0.2, 0) is 29.1 Å². The molecule has 2 N–H and O–H groups in total. The van der Waals surface area contributed by atoms with E-state index in [1.54, 1.807) is 6.07 Å². The lowest BCUT2D eigenvalue weighted by atomic mass is 10.2. The highest BCUT2D eigenvalue weighted by Gasteiger charge is 2.18. The van der Waals surface area contributed by atoms with Crippen LogP contribution in [0.4, 0.5) is 5.82 Å². The third kappa shape index (κ3) is 3.11. The highest BCUT2D eigenvalue weighted by atomic mass is 32.1. The van der Waals surface area contributed by atoms with E-state index in [1.807, 2.05) is 6.07 Å². The maximum atomic E-state index is 12.2. The zero-order chi connectivity index (χ0) is 14.8. The Kier molecular flexibility index (Phi) is 3.72. The fraction of sp³-hybridized carbons (Fsp3) is 0.308. The third-order valence-electron chi connectivity index (χ3n) is 3.03. The summed E-state index contributed by atoms with van der Waals surface area (Å²) in [6.45, 7) is 1.00. The van der Waals surface area contributed by atoms with Crippen molar-refractivity contribution in [2.75, 3.05) is 11.9 Å². The van der Waals surface area contributed by atoms with Crippen LogP contribution >= 0.6 is 11.3 Å². The van der Waals surface area contributed by atoms with Crippen LogP contribution in [0.5, 0.6) is 0 Å². The highest BCUT2D eigenvalue weighted by Crippen LogP contribution is 2.27. The Morgan fingerprint density at radius 3 is 3.14 bits per heavy atom. The molecule has 21 heavy (non-hydrogen) atoms. The number of carboxylic acid groups (broad SMARTS) is 1. The first-order valence-corrected chi connectivity index (χ1v) is 7.19. The van der Waals surface area contributed by atoms with Gasteiger partial charge < -0.3 is 15.2 Å². The standard InChI is InChI=1S/C13H13N3O4S/c17-12(18)6-16-3-1-11(15-16)14-13(19)10-5-8-7-20-4-2-9(8)21-10/h1,3,5H,2,4,6-7H2,(H,17,18)(H,14,15,19). The van der Waals surface area contributed by atoms with Crippen LogP contribution in [0.2, 0.25) is 0 Å². The zero-order valence-electron chi connectivity index (χ0n) is 11.0. The number of nitrogens with one attached hydrogen (secondary N) is 1. The van der Waals surface area contributed by atoms with Gasteiger partial charge in [-0.05, 0) is 11.6 Å². The van der Waals surface area contributed by atoms with Crippen molar-refractivity contribution in [2.45, 2.75) is 19.6 Å². The predicted octanol–water partition coefficient (Wildman–Crippen LogP) is 1.35. The number of ether oxygens (including phenoxy) is 1. The van der Waals surface area contributed by atoms with Crippen LogP contribution in [0, 0.1) is 0 Å². The smallest absolute Gasteiger partial charge is 0.325 e. The van der Waals surface area contributed by atoms with Gasteiger partial charge in [0, 0.05) is 23.6 Å². The molecule has 0 saturated heterocycles. The van der Waals surface area contributed by atoms with Crippen molar-refractivity contribution < 1.29 is 19.4 Å². The summed E-state index contributed by atoms with van der Waals surface area (Å²) in [5.41, 5.74) is 1.06. The van der Waals surface area contributed by atoms with Gasteiger partial charge in [0.25, 0.3) is 5.91 Å². The number of carboxylic acids is 1. The number of hydrogen-bond acceptors (Lipinski definition) is 5. The van der Waals surface area contributed by atoms with Gasteiger partial charge in [-0.15, -0.1) is 11.3 Å². The molecule has 1 amide bonds. The van der Waals surface area contributed by atoms with E-state index in [0.717, 1.165) is 12.0 Å². The largest absolute Gasteiger partial charge is 0.480 e. The van der Waals surface area contributed by atoms with Gasteiger partial charge in [-0.3, -0.25) is 14.3 Å². The van der Waals surface area contributed by atoms with Crippen molar-refractivity contribution in [3.8, 4) is 0 Å². The van der Waals surface area contributed by atoms with E-state index in [0.29, 0.717) is 23.9 Å². The van der Waals surface area contributed by atoms with Crippen molar-refractivity contribution in [1.29, 1.82) is 0 Å². The van der Waals surface area contributed by atoms with Gasteiger partial charge in [-0.2, -0.15) is 5.10 Å². The molecule has 0 fully saturated rings. The predicted molar refractivity (Wildman–Crippen MR) is 75.5 cm³/mol. The molecule has 3 rings (SSSR count). The Balaban J connectivity index is 1.69. The van der Waals surface area contributed by atoms with Gasteiger partial charge in [0.05, 0.1) is 18.1 Å². The molecule has 1 aliphatic rings. The topological polar surface area (TPSA) is 93.5 Å². The molecule has 110 valence electrons. The average molecular weight is 307 g/mol. The zero-order valence-corrected chi connectivity index (χ0v) is 11.9. The summed E-state index contributed by atoms with van der Waals surface area (Å²) >= 11 is 1.46. The number of carbonyl (C=O) groups is 2. The molecule has 2 aromatic heterocycles. The number of fused-ring (bicyclic) bond motifs is 1. The van der Waals surface area contributed by atoms with Gasteiger partial charge in [-0.25, -0.2) is 0 Å². The van der Waals surface area contributed by atoms with Crippen LogP contribution < -0.4 is 5.32 Å². The summed E-state index contributed by atoms with van der Waals surface area (Å²) in [5, 5.41) is 15.3. The fourth-order valence-electron chi connectivity index (χ4n) is 2.09. The number of amides is 1. The van der Waals surface area contributed by atoms with Crippen molar-refractivity contribution in [1.82, 2.24) is 9.78 Å². The molecular weight excluding hydrogens is 294 g/mol. The first kappa shape index (κ1) is 13.8. The lowest BCUT2D eigenvalue weighted by molar-refractivity contribution is -0.137. The van der Waals surface area contributed by atoms with Crippen molar-refractivity contribution >= 4 is 29.0 Å². The number of aromatic nitrogens is 2. The van der Waals surface area contributed by atoms with E-state index in [1.165, 1.54) is 27.1 Å². The van der Waals surface area contributed by atoms with Crippen LogP contribution in [0.1, 0.15) is 20.1 Å². The Labute approximate surface area is 124 Å². The minimum Gasteiger partial charge on any atom is -0.480 e. The summed E-state index contributed by atoms with van der Waals surface area (Å²) in [6.07, 6.45) is 2.34. The van der Waals surface area contributed by atoms with Crippen LogP contribution in [-0.4, -0.2) is 33.4 Å². The maximum Gasteiger partial charge on any atom is 0.325 e. The van der Waals surface area contributed by atoms with Crippen molar-refractivity contribution in [3.05, 3.63) is 33.6 Å². The number of thiophene rings is 1. The average Bonchev–Trinajstić information content (AvgIpc) is 3.04. The molecule has 0 bridgehead atoms. The number of rotatable bonds is 4. The Morgan fingerprint density at radius 1 is 1.52 bits per heavy atom. The number of hydrogen-bond donors (Lipinski definition) is 2. The molecule has 0 aliphatic carbocycles. The first-order valence-electron chi connectivity index (χ1n) is 6.38. The number of anilines is 1. The molecule has 8 heteroatoms. The SMILES string of the molecule is O=C(O)Cn1ccc(NC(=O)c2cc3c(s2)CCOC3)n1. The van der Waals surface area contributed by atoms with Gasteiger partial charge in [0.1, 0.15) is 6.54 Å². The van der Waals surface area contributed by atoms with Gasteiger partial charge in [0.15, 0.2) is 5.82 Å². The highest BCUT2D eigenvalue weighted by molar-refractivity contribution is 7.14. The quantitative estimate of drug-likeness (QED) is 0.889. The van der Waals surface area contributed by atoms with Gasteiger partial charge in [-0.1, -0.05) is 0 Å². The number of nitrogens with zero attached hydrogens (tertiary/aromatic N) is 2. The molecule has 1 aliphatic heterocycles. The van der Waals surface area contributed by atoms with E-state index >= 15 is 0 Å². The van der Waals surface area contributed by atoms with Gasteiger partial charge in [0.2, 0.25) is 0 Å². The lowest BCUT2D eigenvalue weighted by Gasteiger charge is -2.10. The second kappa shape index (κ2) is 5.66. The van der Waals surface area contributed by atoms with Crippen molar-refractivity contribution in [2.24, 2.45) is 0 Å². The van der Waals surface area contributed by atoms with Gasteiger partial charge >= 0.3 is 5.97 Å². The van der Waals surface area contributed by atoms with Crippen LogP contribution in [0.25, 0.3) is 0 Å². The lowest BCUT2D eigenvalue weighted by Crippen LogP contribution is -2.13. The van der Waals surface area contributed by atoms with Crippen LogP contribution in [0.15, 0.2) is 18.3 Å². The number of aliphatic carboxylic acids is 1. The summed E-state index contributed by atoms with van der Waals surface area (Å²) < 4.78 is 6.61. The molecule has 0 spiro atoms.